The third kappa shape index (κ3) is 5.85. The molecule has 5 nitrogen and oxygen atoms in total. The number of hydrogen-bond donors (Lipinski definition) is 1. The molecule has 6 heteroatoms. The number of anilines is 1. The third-order valence-corrected chi connectivity index (χ3v) is 6.51. The maximum atomic E-state index is 5.90. The van der Waals surface area contributed by atoms with E-state index in [4.69, 9.17) is 26.4 Å². The largest absolute Gasteiger partial charge is 0.493 e. The number of nitrogens with one attached hydrogen (secondary N) is 1. The number of aryl methyl sites for hydroxylation is 1. The molecule has 0 unspecified atom stereocenters. The van der Waals surface area contributed by atoms with E-state index in [1.54, 1.807) is 21.3 Å². The van der Waals surface area contributed by atoms with Gasteiger partial charge in [-0.1, -0.05) is 38.3 Å². The quantitative estimate of drug-likeness (QED) is 0.430. The molecule has 0 saturated heterocycles. The molecule has 32 heavy (non-hydrogen) atoms. The Kier molecular flexibility index (Phi) is 9.03. The van der Waals surface area contributed by atoms with Crippen LogP contribution in [0.4, 0.5) is 5.69 Å². The van der Waals surface area contributed by atoms with Crippen LogP contribution in [-0.4, -0.2) is 37.4 Å². The highest BCUT2D eigenvalue weighted by atomic mass is 32.1. The van der Waals surface area contributed by atoms with Gasteiger partial charge in [0.15, 0.2) is 16.6 Å². The molecular weight excluding hydrogens is 420 g/mol. The lowest BCUT2D eigenvalue weighted by Gasteiger charge is -2.32. The second-order valence-corrected chi connectivity index (χ2v) is 8.68. The standard InChI is InChI=1S/C26H36N2O3S/c1-5-6-9-19-12-15-21(16-13-19)27-26(32)28(22-10-7-8-11-22)18-20-14-17-23(29-2)25(31-4)24(20)30-3/h12-17,22H,5-11,18H2,1-4H3,(H,27,32). The molecule has 0 radical (unpaired) electrons. The van der Waals surface area contributed by atoms with Gasteiger partial charge in [0.05, 0.1) is 21.3 Å². The number of hydrogen-bond acceptors (Lipinski definition) is 4. The molecule has 174 valence electrons. The number of rotatable bonds is 10. The molecule has 2 aromatic rings. The number of ether oxygens (including phenoxy) is 3. The van der Waals surface area contributed by atoms with Crippen molar-refractivity contribution in [1.29, 1.82) is 0 Å². The maximum Gasteiger partial charge on any atom is 0.203 e. The minimum absolute atomic E-state index is 0.414. The molecule has 0 aromatic heterocycles. The molecule has 1 aliphatic carbocycles. The van der Waals surface area contributed by atoms with Gasteiger partial charge in [-0.15, -0.1) is 0 Å². The van der Waals surface area contributed by atoms with Gasteiger partial charge in [-0.3, -0.25) is 0 Å². The van der Waals surface area contributed by atoms with Crippen molar-refractivity contribution >= 4 is 23.0 Å². The van der Waals surface area contributed by atoms with E-state index in [1.165, 1.54) is 31.2 Å². The first-order valence-corrected chi connectivity index (χ1v) is 12.0. The molecular formula is C26H36N2O3S. The van der Waals surface area contributed by atoms with Crippen molar-refractivity contribution in [2.45, 2.75) is 64.5 Å². The summed E-state index contributed by atoms with van der Waals surface area (Å²) in [5.41, 5.74) is 3.42. The van der Waals surface area contributed by atoms with Crippen LogP contribution in [0.15, 0.2) is 36.4 Å². The first-order valence-electron chi connectivity index (χ1n) is 11.6. The molecule has 2 aromatic carbocycles. The predicted molar refractivity (Wildman–Crippen MR) is 135 cm³/mol. The summed E-state index contributed by atoms with van der Waals surface area (Å²) in [7, 11) is 4.93. The molecule has 1 N–H and O–H groups in total. The Bertz CT molecular complexity index is 879. The number of unbranched alkanes of at least 4 members (excludes halogenated alkanes) is 1. The molecule has 0 spiro atoms. The number of methoxy groups -OCH3 is 3. The van der Waals surface area contributed by atoms with Gasteiger partial charge in [-0.25, -0.2) is 0 Å². The Hall–Kier alpha value is -2.47. The number of nitrogens with zero attached hydrogens (tertiary/aromatic N) is 1. The van der Waals surface area contributed by atoms with Crippen LogP contribution in [0.1, 0.15) is 56.6 Å². The van der Waals surface area contributed by atoms with Crippen LogP contribution in [0.2, 0.25) is 0 Å². The summed E-state index contributed by atoms with van der Waals surface area (Å²) in [4.78, 5) is 2.30. The summed E-state index contributed by atoms with van der Waals surface area (Å²) >= 11 is 5.90. The molecule has 0 aliphatic heterocycles. The number of benzene rings is 2. The highest BCUT2D eigenvalue weighted by molar-refractivity contribution is 7.80. The third-order valence-electron chi connectivity index (χ3n) is 6.18. The molecule has 1 aliphatic rings. The first-order chi connectivity index (χ1) is 15.6. The lowest BCUT2D eigenvalue weighted by Crippen LogP contribution is -2.41. The van der Waals surface area contributed by atoms with Gasteiger partial charge in [0, 0.05) is 23.8 Å². The zero-order valence-corrected chi connectivity index (χ0v) is 20.6. The van der Waals surface area contributed by atoms with Crippen LogP contribution < -0.4 is 19.5 Å². The van der Waals surface area contributed by atoms with E-state index in [2.05, 4.69) is 41.4 Å². The van der Waals surface area contributed by atoms with E-state index >= 15 is 0 Å². The van der Waals surface area contributed by atoms with Gasteiger partial charge in [0.2, 0.25) is 5.75 Å². The monoisotopic (exact) mass is 456 g/mol. The van der Waals surface area contributed by atoms with Crippen molar-refractivity contribution in [3.8, 4) is 17.2 Å². The topological polar surface area (TPSA) is 43.0 Å². The average molecular weight is 457 g/mol. The van der Waals surface area contributed by atoms with E-state index in [9.17, 15) is 0 Å². The van der Waals surface area contributed by atoms with Crippen molar-refractivity contribution in [3.05, 3.63) is 47.5 Å². The summed E-state index contributed by atoms with van der Waals surface area (Å²) in [6.45, 7) is 2.87. The highest BCUT2D eigenvalue weighted by Crippen LogP contribution is 2.41. The van der Waals surface area contributed by atoms with Crippen LogP contribution in [0, 0.1) is 0 Å². The minimum Gasteiger partial charge on any atom is -0.493 e. The molecule has 0 atom stereocenters. The molecule has 0 amide bonds. The lowest BCUT2D eigenvalue weighted by molar-refractivity contribution is 0.295. The highest BCUT2D eigenvalue weighted by Gasteiger charge is 2.27. The molecule has 1 fully saturated rings. The fraction of sp³-hybridized carbons (Fsp3) is 0.500. The summed E-state index contributed by atoms with van der Waals surface area (Å²) in [5.74, 6) is 1.96. The van der Waals surface area contributed by atoms with Gasteiger partial charge in [-0.2, -0.15) is 0 Å². The first kappa shape index (κ1) is 24.2. The van der Waals surface area contributed by atoms with Crippen LogP contribution >= 0.6 is 12.2 Å². The van der Waals surface area contributed by atoms with Gasteiger partial charge >= 0.3 is 0 Å². The van der Waals surface area contributed by atoms with Crippen LogP contribution in [0.5, 0.6) is 17.2 Å². The van der Waals surface area contributed by atoms with Crippen molar-refractivity contribution in [3.63, 3.8) is 0 Å². The average Bonchev–Trinajstić information content (AvgIpc) is 3.35. The lowest BCUT2D eigenvalue weighted by atomic mass is 10.1. The van der Waals surface area contributed by atoms with Crippen LogP contribution in [0.3, 0.4) is 0 Å². The van der Waals surface area contributed by atoms with Gasteiger partial charge in [-0.05, 0) is 67.7 Å². The van der Waals surface area contributed by atoms with Crippen molar-refractivity contribution in [2.24, 2.45) is 0 Å². The Labute approximate surface area is 198 Å². The van der Waals surface area contributed by atoms with Crippen LogP contribution in [0.25, 0.3) is 0 Å². The SMILES string of the molecule is CCCCc1ccc(NC(=S)N(Cc2ccc(OC)c(OC)c2OC)C2CCCC2)cc1. The Balaban J connectivity index is 1.81. The Morgan fingerprint density at radius 2 is 1.66 bits per heavy atom. The molecule has 0 bridgehead atoms. The smallest absolute Gasteiger partial charge is 0.203 e. The Morgan fingerprint density at radius 3 is 2.25 bits per heavy atom. The summed E-state index contributed by atoms with van der Waals surface area (Å²) in [5, 5.41) is 4.22. The van der Waals surface area contributed by atoms with Gasteiger partial charge < -0.3 is 24.4 Å². The van der Waals surface area contributed by atoms with Gasteiger partial charge in [0.1, 0.15) is 0 Å². The summed E-state index contributed by atoms with van der Waals surface area (Å²) in [6, 6.07) is 13.0. The van der Waals surface area contributed by atoms with Crippen molar-refractivity contribution < 1.29 is 14.2 Å². The Morgan fingerprint density at radius 1 is 0.969 bits per heavy atom. The maximum absolute atomic E-state index is 5.90. The molecule has 3 rings (SSSR count). The van der Waals surface area contributed by atoms with Crippen LogP contribution in [-0.2, 0) is 13.0 Å². The fourth-order valence-corrected chi connectivity index (χ4v) is 4.72. The number of thiocarbonyl (C=S) groups is 1. The van der Waals surface area contributed by atoms with Crippen molar-refractivity contribution in [2.75, 3.05) is 26.6 Å². The molecule has 1 saturated carbocycles. The molecule has 0 heterocycles. The zero-order valence-electron chi connectivity index (χ0n) is 19.8. The van der Waals surface area contributed by atoms with Crippen molar-refractivity contribution in [1.82, 2.24) is 4.90 Å². The second-order valence-electron chi connectivity index (χ2n) is 8.29. The second kappa shape index (κ2) is 12.0. The fourth-order valence-electron chi connectivity index (χ4n) is 4.38. The normalized spacial score (nSPS) is 13.6. The van der Waals surface area contributed by atoms with E-state index in [-0.39, 0.29) is 0 Å². The van der Waals surface area contributed by atoms with E-state index in [0.29, 0.717) is 29.8 Å². The van der Waals surface area contributed by atoms with Gasteiger partial charge in [0.25, 0.3) is 0 Å². The van der Waals surface area contributed by atoms with E-state index < -0.39 is 0 Å². The van der Waals surface area contributed by atoms with E-state index in [1.807, 2.05) is 12.1 Å². The predicted octanol–water partition coefficient (Wildman–Crippen LogP) is 6.20. The summed E-state index contributed by atoms with van der Waals surface area (Å²) in [6.07, 6.45) is 8.31. The summed E-state index contributed by atoms with van der Waals surface area (Å²) < 4.78 is 16.7. The zero-order chi connectivity index (χ0) is 22.9. The van der Waals surface area contributed by atoms with E-state index in [0.717, 1.165) is 35.6 Å². The minimum atomic E-state index is 0.414.